The average molecular weight is 134 g/mol. The Labute approximate surface area is 60.3 Å². The van der Waals surface area contributed by atoms with Gasteiger partial charge in [-0.05, 0) is 5.57 Å². The number of aliphatic imine (C=N–C) groups is 1. The van der Waals surface area contributed by atoms with Crippen LogP contribution in [0.1, 0.15) is 6.42 Å². The Morgan fingerprint density at radius 2 is 2.50 bits per heavy atom. The van der Waals surface area contributed by atoms with Crippen molar-refractivity contribution < 1.29 is 0 Å². The van der Waals surface area contributed by atoms with Crippen LogP contribution in [0.25, 0.3) is 0 Å². The van der Waals surface area contributed by atoms with E-state index >= 15 is 0 Å². The van der Waals surface area contributed by atoms with Gasteiger partial charge in [0.25, 0.3) is 0 Å². The smallest absolute Gasteiger partial charge is 0.0890 e. The maximum absolute atomic E-state index is 4.34. The van der Waals surface area contributed by atoms with Gasteiger partial charge in [-0.2, -0.15) is 0 Å². The fourth-order valence-electron chi connectivity index (χ4n) is 1.26. The van der Waals surface area contributed by atoms with E-state index in [9.17, 15) is 0 Å². The largest absolute Gasteiger partial charge is 0.294 e. The van der Waals surface area contributed by atoms with E-state index in [2.05, 4.69) is 28.5 Å². The standard InChI is InChI=1S/C8H10N2/c1-2-4-8-7(3-1)5-9-6-10-8/h1-3,9H,4-6H2. The lowest BCUT2D eigenvalue weighted by Crippen LogP contribution is -2.28. The van der Waals surface area contributed by atoms with Crippen molar-refractivity contribution in [2.75, 3.05) is 13.2 Å². The Kier molecular flexibility index (Phi) is 1.40. The van der Waals surface area contributed by atoms with Gasteiger partial charge in [-0.3, -0.25) is 10.3 Å². The molecule has 2 heteroatoms. The topological polar surface area (TPSA) is 24.4 Å². The second-order valence-corrected chi connectivity index (χ2v) is 2.51. The second-order valence-electron chi connectivity index (χ2n) is 2.51. The molecule has 0 atom stereocenters. The predicted octanol–water partition coefficient (Wildman–Crippen LogP) is 0.874. The lowest BCUT2D eigenvalue weighted by Gasteiger charge is -2.17. The molecule has 0 bridgehead atoms. The summed E-state index contributed by atoms with van der Waals surface area (Å²) in [4.78, 5) is 4.34. The van der Waals surface area contributed by atoms with E-state index in [1.54, 1.807) is 0 Å². The number of hydrogen-bond donors (Lipinski definition) is 1. The fraction of sp³-hybridized carbons (Fsp3) is 0.375. The van der Waals surface area contributed by atoms with E-state index in [1.807, 2.05) is 0 Å². The summed E-state index contributed by atoms with van der Waals surface area (Å²) in [6, 6.07) is 0. The Balaban J connectivity index is 2.32. The molecule has 0 spiro atoms. The third-order valence-electron chi connectivity index (χ3n) is 1.81. The highest BCUT2D eigenvalue weighted by Gasteiger charge is 2.10. The molecule has 0 aromatic carbocycles. The van der Waals surface area contributed by atoms with Crippen molar-refractivity contribution in [1.82, 2.24) is 5.32 Å². The summed E-state index contributed by atoms with van der Waals surface area (Å²) in [6.45, 7) is 1.78. The van der Waals surface area contributed by atoms with Crippen LogP contribution >= 0.6 is 0 Å². The van der Waals surface area contributed by atoms with E-state index in [-0.39, 0.29) is 0 Å². The van der Waals surface area contributed by atoms with Crippen molar-refractivity contribution in [3.05, 3.63) is 23.8 Å². The molecule has 1 aliphatic carbocycles. The van der Waals surface area contributed by atoms with Gasteiger partial charge in [0.2, 0.25) is 0 Å². The molecule has 0 saturated carbocycles. The molecule has 52 valence electrons. The summed E-state index contributed by atoms with van der Waals surface area (Å²) in [5, 5.41) is 3.19. The number of fused-ring (bicyclic) bond motifs is 1. The van der Waals surface area contributed by atoms with Crippen molar-refractivity contribution in [1.29, 1.82) is 0 Å². The van der Waals surface area contributed by atoms with Gasteiger partial charge < -0.3 is 0 Å². The van der Waals surface area contributed by atoms with Crippen LogP contribution in [-0.2, 0) is 0 Å². The quantitative estimate of drug-likeness (QED) is 0.522. The lowest BCUT2D eigenvalue weighted by molar-refractivity contribution is 0.741. The van der Waals surface area contributed by atoms with Crippen LogP contribution in [0.3, 0.4) is 0 Å². The van der Waals surface area contributed by atoms with Crippen molar-refractivity contribution in [3.8, 4) is 0 Å². The molecule has 2 aliphatic rings. The Hall–Kier alpha value is -0.890. The molecule has 1 N–H and O–H groups in total. The Morgan fingerprint density at radius 1 is 1.50 bits per heavy atom. The zero-order valence-electron chi connectivity index (χ0n) is 5.80. The monoisotopic (exact) mass is 134 g/mol. The third kappa shape index (κ3) is 0.907. The van der Waals surface area contributed by atoms with E-state index in [0.717, 1.165) is 19.6 Å². The molecule has 1 aliphatic heterocycles. The average Bonchev–Trinajstić information content (AvgIpc) is 2.05. The van der Waals surface area contributed by atoms with Crippen LogP contribution in [0.15, 0.2) is 28.8 Å². The number of nitrogens with zero attached hydrogens (tertiary/aromatic N) is 1. The van der Waals surface area contributed by atoms with E-state index in [0.29, 0.717) is 0 Å². The molecule has 2 nitrogen and oxygen atoms in total. The fourth-order valence-corrected chi connectivity index (χ4v) is 1.26. The zero-order chi connectivity index (χ0) is 6.81. The molecular formula is C8H10N2. The molecule has 0 aromatic heterocycles. The first-order valence-electron chi connectivity index (χ1n) is 3.57. The molecule has 1 heterocycles. The van der Waals surface area contributed by atoms with E-state index < -0.39 is 0 Å². The number of allylic oxidation sites excluding steroid dienone is 3. The number of hydrogen-bond acceptors (Lipinski definition) is 2. The normalized spacial score (nSPS) is 23.2. The molecule has 0 saturated heterocycles. The van der Waals surface area contributed by atoms with Crippen LogP contribution in [0, 0.1) is 0 Å². The molecule has 0 aromatic rings. The summed E-state index contributed by atoms with van der Waals surface area (Å²) in [5.41, 5.74) is 2.62. The maximum Gasteiger partial charge on any atom is 0.0890 e. The summed E-state index contributed by atoms with van der Waals surface area (Å²) < 4.78 is 0. The molecule has 0 unspecified atom stereocenters. The summed E-state index contributed by atoms with van der Waals surface area (Å²) in [5.74, 6) is 0. The minimum Gasteiger partial charge on any atom is -0.294 e. The minimum atomic E-state index is 0.792. The summed E-state index contributed by atoms with van der Waals surface area (Å²) >= 11 is 0. The van der Waals surface area contributed by atoms with E-state index in [4.69, 9.17) is 0 Å². The van der Waals surface area contributed by atoms with Gasteiger partial charge in [-0.1, -0.05) is 18.2 Å². The summed E-state index contributed by atoms with van der Waals surface area (Å²) in [7, 11) is 0. The minimum absolute atomic E-state index is 0.792. The van der Waals surface area contributed by atoms with Gasteiger partial charge in [-0.25, -0.2) is 0 Å². The van der Waals surface area contributed by atoms with Gasteiger partial charge in [-0.15, -0.1) is 0 Å². The van der Waals surface area contributed by atoms with Crippen molar-refractivity contribution in [2.45, 2.75) is 6.42 Å². The van der Waals surface area contributed by atoms with Gasteiger partial charge in [0.1, 0.15) is 0 Å². The molecule has 0 amide bonds. The summed E-state index contributed by atoms with van der Waals surface area (Å²) in [6.07, 6.45) is 7.40. The first-order chi connectivity index (χ1) is 4.97. The van der Waals surface area contributed by atoms with Gasteiger partial charge >= 0.3 is 0 Å². The van der Waals surface area contributed by atoms with Crippen LogP contribution in [0.4, 0.5) is 0 Å². The Morgan fingerprint density at radius 3 is 3.40 bits per heavy atom. The van der Waals surface area contributed by atoms with E-state index in [1.165, 1.54) is 11.3 Å². The molecule has 2 rings (SSSR count). The third-order valence-corrected chi connectivity index (χ3v) is 1.81. The SMILES string of the molecule is C1=CCC2=NCNCC2=C1. The van der Waals surface area contributed by atoms with Crippen molar-refractivity contribution >= 4 is 5.71 Å². The number of rotatable bonds is 0. The van der Waals surface area contributed by atoms with Crippen molar-refractivity contribution in [2.24, 2.45) is 4.99 Å². The maximum atomic E-state index is 4.34. The van der Waals surface area contributed by atoms with Gasteiger partial charge in [0.05, 0.1) is 6.67 Å². The highest BCUT2D eigenvalue weighted by molar-refractivity contribution is 6.03. The second kappa shape index (κ2) is 2.39. The van der Waals surface area contributed by atoms with Crippen LogP contribution in [0.5, 0.6) is 0 Å². The Bertz CT molecular complexity index is 223. The molecule has 10 heavy (non-hydrogen) atoms. The highest BCUT2D eigenvalue weighted by atomic mass is 15.0. The van der Waals surface area contributed by atoms with Crippen LogP contribution < -0.4 is 5.32 Å². The van der Waals surface area contributed by atoms with Crippen LogP contribution in [-0.4, -0.2) is 18.9 Å². The zero-order valence-corrected chi connectivity index (χ0v) is 5.80. The first-order valence-corrected chi connectivity index (χ1v) is 3.57. The predicted molar refractivity (Wildman–Crippen MR) is 42.1 cm³/mol. The van der Waals surface area contributed by atoms with Crippen LogP contribution in [0.2, 0.25) is 0 Å². The lowest BCUT2D eigenvalue weighted by atomic mass is 10.0. The van der Waals surface area contributed by atoms with Gasteiger partial charge in [0, 0.05) is 18.7 Å². The van der Waals surface area contributed by atoms with Gasteiger partial charge in [0.15, 0.2) is 0 Å². The first kappa shape index (κ1) is 5.86. The number of nitrogens with one attached hydrogen (secondary N) is 1. The van der Waals surface area contributed by atoms with Crippen molar-refractivity contribution in [3.63, 3.8) is 0 Å². The molecular weight excluding hydrogens is 124 g/mol. The molecule has 0 radical (unpaired) electrons. The highest BCUT2D eigenvalue weighted by Crippen LogP contribution is 2.10. The molecule has 0 fully saturated rings.